The highest BCUT2D eigenvalue weighted by molar-refractivity contribution is 7.23. The zero-order valence-electron chi connectivity index (χ0n) is 43.1. The second-order valence-electron chi connectivity index (χ2n) is 19.3. The number of benzene rings is 9. The van der Waals surface area contributed by atoms with Crippen LogP contribution in [-0.2, 0) is 0 Å². The number of rotatable bonds is 11. The summed E-state index contributed by atoms with van der Waals surface area (Å²) in [4.78, 5) is -1.42. The normalized spacial score (nSPS) is 12.8. The number of nitrogens with one attached hydrogen (secondary N) is 1. The zero-order chi connectivity index (χ0) is 68.6. The van der Waals surface area contributed by atoms with E-state index in [1.807, 2.05) is 6.92 Å². The van der Waals surface area contributed by atoms with Crippen LogP contribution in [0, 0.1) is 175 Å². The molecule has 9 rings (SSSR count). The lowest BCUT2D eigenvalue weighted by Gasteiger charge is -2.47. The van der Waals surface area contributed by atoms with Crippen molar-refractivity contribution in [2.24, 2.45) is 0 Å². The standard InChI is InChI=1S/C40BF28.C14H16F7N/c42-13-1-5(21(50)37(66)33(13)62)17(46)29(58)25(54)9(1)41(10-2-6(18(47)30(59)26(10)55)22(51)38(67)34(63)14(2)43,11-3-7(19(48)31(60)27(11)56)23(52)39(68)35(64)15(3)44)12-4-8(20(49)32(61)28(12)57)24(53)40(69)36(65)16(4)45;1-2-3-4-5-8-22(14(20,21)13(17,18)19)12-9-10(15)6-7-11(12)16/h;6-7,9H,2-5,8H2,1H3/q-1;/p+1. The highest BCUT2D eigenvalue weighted by atomic mass is 19.4. The Hall–Kier alpha value is -8.41. The third-order valence-corrected chi connectivity index (χ3v) is 14.5. The molecule has 0 amide bonds. The molecule has 1 N–H and O–H groups in total. The fraction of sp³-hybridized carbons (Fsp3) is 0.148. The summed E-state index contributed by atoms with van der Waals surface area (Å²) >= 11 is 0. The lowest BCUT2D eigenvalue weighted by atomic mass is 9.11. The summed E-state index contributed by atoms with van der Waals surface area (Å²) in [5.41, 5.74) is -16.5. The first-order valence-corrected chi connectivity index (χ1v) is 24.3. The van der Waals surface area contributed by atoms with Crippen LogP contribution in [0.3, 0.4) is 0 Å². The van der Waals surface area contributed by atoms with Gasteiger partial charge in [0.1, 0.15) is 35.2 Å². The lowest BCUT2D eigenvalue weighted by molar-refractivity contribution is -0.951. The molecule has 1 nitrogen and oxygen atoms in total. The lowest BCUT2D eigenvalue weighted by Crippen LogP contribution is -3.16. The average molecular weight is 1360 g/mol. The van der Waals surface area contributed by atoms with Crippen LogP contribution in [0.2, 0.25) is 0 Å². The second kappa shape index (κ2) is 23.7. The number of quaternary nitrogens is 1. The van der Waals surface area contributed by atoms with Crippen molar-refractivity contribution in [2.75, 3.05) is 6.54 Å². The Labute approximate surface area is 479 Å². The molecule has 0 saturated carbocycles. The molecule has 91 heavy (non-hydrogen) atoms. The smallest absolute Gasteiger partial charge is 0.231 e. The second-order valence-corrected chi connectivity index (χ2v) is 19.3. The number of fused-ring (bicyclic) bond motifs is 4. The molecule has 0 bridgehead atoms. The first-order chi connectivity index (χ1) is 42.1. The van der Waals surface area contributed by atoms with Crippen LogP contribution in [-0.4, -0.2) is 24.9 Å². The predicted molar refractivity (Wildman–Crippen MR) is 246 cm³/mol. The maximum Gasteiger partial charge on any atom is 0.515 e. The third-order valence-electron chi connectivity index (χ3n) is 14.5. The van der Waals surface area contributed by atoms with E-state index in [0.29, 0.717) is 31.0 Å². The number of halogens is 35. The minimum absolute atomic E-state index is 0.0464. The maximum absolute atomic E-state index is 17.3. The molecule has 0 aromatic heterocycles. The molecule has 1 atom stereocenters. The van der Waals surface area contributed by atoms with Gasteiger partial charge in [0.2, 0.25) is 0 Å². The molecule has 0 aliphatic carbocycles. The highest BCUT2D eigenvalue weighted by Crippen LogP contribution is 2.42. The molecule has 0 radical (unpaired) electrons. The predicted octanol–water partition coefficient (Wildman–Crippen LogP) is 15.8. The van der Waals surface area contributed by atoms with E-state index in [0.717, 1.165) is 6.42 Å². The first-order valence-electron chi connectivity index (χ1n) is 24.3. The monoisotopic (exact) mass is 1360 g/mol. The summed E-state index contributed by atoms with van der Waals surface area (Å²) in [5, 5.41) is -27.0. The fourth-order valence-corrected chi connectivity index (χ4v) is 10.7. The molecule has 0 saturated heterocycles. The van der Waals surface area contributed by atoms with Gasteiger partial charge in [-0.25, -0.2) is 137 Å². The molecular formula is C54H17BF35N. The minimum atomic E-state index is -8.05. The van der Waals surface area contributed by atoms with Gasteiger partial charge < -0.3 is 0 Å². The van der Waals surface area contributed by atoms with Gasteiger partial charge in [-0.3, -0.25) is 0 Å². The van der Waals surface area contributed by atoms with E-state index >= 15 is 105 Å². The molecule has 0 aliphatic heterocycles. The zero-order valence-corrected chi connectivity index (χ0v) is 43.1. The Bertz CT molecular complexity index is 4090. The van der Waals surface area contributed by atoms with Gasteiger partial charge in [0, 0.05) is 6.07 Å². The number of hydrogen-bond acceptors (Lipinski definition) is 0. The van der Waals surface area contributed by atoms with E-state index in [-0.39, 0.29) is 6.42 Å². The van der Waals surface area contributed by atoms with E-state index in [1.54, 1.807) is 0 Å². The Morgan fingerprint density at radius 1 is 0.286 bits per heavy atom. The van der Waals surface area contributed by atoms with Gasteiger partial charge in [-0.1, -0.05) is 19.8 Å². The van der Waals surface area contributed by atoms with Crippen LogP contribution in [0.15, 0.2) is 18.2 Å². The maximum atomic E-state index is 17.3. The van der Waals surface area contributed by atoms with Gasteiger partial charge in [-0.2, -0.15) is 13.2 Å². The van der Waals surface area contributed by atoms with Gasteiger partial charge in [0.05, 0.1) is 28.1 Å². The van der Waals surface area contributed by atoms with Gasteiger partial charge in [0.25, 0.3) is 0 Å². The molecule has 0 aliphatic rings. The molecule has 1 unspecified atom stereocenters. The molecular weight excluding hydrogens is 1340 g/mol. The van der Waals surface area contributed by atoms with Crippen LogP contribution >= 0.6 is 0 Å². The van der Waals surface area contributed by atoms with E-state index in [2.05, 4.69) is 0 Å². The molecule has 0 spiro atoms. The van der Waals surface area contributed by atoms with Crippen LogP contribution in [0.25, 0.3) is 43.1 Å². The number of alkyl halides is 5. The van der Waals surface area contributed by atoms with E-state index in [1.165, 1.54) is 0 Å². The average Bonchev–Trinajstić information content (AvgIpc) is 0.663. The molecule has 9 aromatic carbocycles. The van der Waals surface area contributed by atoms with Gasteiger partial charge >= 0.3 is 12.2 Å². The quantitative estimate of drug-likeness (QED) is 0.0329. The van der Waals surface area contributed by atoms with Crippen LogP contribution < -0.4 is 26.8 Å². The summed E-state index contributed by atoms with van der Waals surface area (Å²) in [7, 11) is 0. The van der Waals surface area contributed by atoms with Crippen molar-refractivity contribution >= 4 is 76.8 Å². The molecule has 37 heteroatoms. The van der Waals surface area contributed by atoms with Crippen molar-refractivity contribution in [3.05, 3.63) is 193 Å². The van der Waals surface area contributed by atoms with E-state index in [9.17, 15) is 48.3 Å². The van der Waals surface area contributed by atoms with Crippen LogP contribution in [0.4, 0.5) is 159 Å². The summed E-state index contributed by atoms with van der Waals surface area (Å²) in [6.07, 6.45) is -12.0. The topological polar surface area (TPSA) is 4.44 Å². The van der Waals surface area contributed by atoms with E-state index < -0.39 is 275 Å². The van der Waals surface area contributed by atoms with Crippen molar-refractivity contribution in [2.45, 2.75) is 44.8 Å². The van der Waals surface area contributed by atoms with Crippen molar-refractivity contribution in [1.29, 1.82) is 0 Å². The summed E-state index contributed by atoms with van der Waals surface area (Å²) in [5.74, 6) is -107. The largest absolute Gasteiger partial charge is 0.515 e. The Kier molecular flexibility index (Phi) is 17.8. The molecule has 486 valence electrons. The Balaban J connectivity index is 0.000000411. The highest BCUT2D eigenvalue weighted by Gasteiger charge is 2.67. The molecule has 9 aromatic rings. The van der Waals surface area contributed by atoms with E-state index in [4.69, 9.17) is 0 Å². The van der Waals surface area contributed by atoms with Gasteiger partial charge in [-0.05, 0) is 46.5 Å². The first kappa shape index (κ1) is 68.5. The van der Waals surface area contributed by atoms with Crippen LogP contribution in [0.1, 0.15) is 32.6 Å². The summed E-state index contributed by atoms with van der Waals surface area (Å²) < 4.78 is 538. The molecule has 0 fully saturated rings. The summed E-state index contributed by atoms with van der Waals surface area (Å²) in [6, 6.07) is -3.61. The number of unbranched alkanes of at least 4 members (excludes halogenated alkanes) is 3. The summed E-state index contributed by atoms with van der Waals surface area (Å²) in [6.45, 7) is 1.20. The van der Waals surface area contributed by atoms with Crippen molar-refractivity contribution in [3.63, 3.8) is 0 Å². The Morgan fingerprint density at radius 2 is 0.516 bits per heavy atom. The van der Waals surface area contributed by atoms with Gasteiger partial charge in [0.15, 0.2) is 151 Å². The molecule has 0 heterocycles. The van der Waals surface area contributed by atoms with Crippen molar-refractivity contribution in [1.82, 2.24) is 0 Å². The van der Waals surface area contributed by atoms with Gasteiger partial charge in [-0.15, -0.1) is 30.6 Å². The SMILES string of the molecule is CCCCCC[NH+](c1cc(F)ccc1F)C(F)(F)C(F)(F)F.Fc1c(F)c(F)c2c([B-](c3c(F)c(F)c(F)c4c(F)c(F)c(F)c(F)c34)(c3c(F)c(F)c(F)c4c(F)c(F)c(F)c(F)c34)c3c(F)c(F)c(F)c4c(F)c(F)c(F)c(F)c34)c(F)c(F)c(F)c2c1F. The van der Waals surface area contributed by atoms with Crippen molar-refractivity contribution < 1.29 is 159 Å². The Morgan fingerprint density at radius 3 is 0.747 bits per heavy atom. The fourth-order valence-electron chi connectivity index (χ4n) is 10.7. The van der Waals surface area contributed by atoms with Crippen LogP contribution in [0.5, 0.6) is 0 Å². The minimum Gasteiger partial charge on any atom is -0.231 e. The van der Waals surface area contributed by atoms with Crippen molar-refractivity contribution in [3.8, 4) is 0 Å². The third kappa shape index (κ3) is 9.81. The number of hydrogen-bond donors (Lipinski definition) is 1.